The lowest BCUT2D eigenvalue weighted by Crippen LogP contribution is -1.97. The molecule has 0 aliphatic heterocycles. The van der Waals surface area contributed by atoms with Crippen molar-refractivity contribution < 1.29 is 0 Å². The number of nitrogens with one attached hydrogen (secondary N) is 1. The second-order valence-electron chi connectivity index (χ2n) is 3.69. The highest BCUT2D eigenvalue weighted by atomic mass is 32.1. The van der Waals surface area contributed by atoms with Crippen molar-refractivity contribution in [2.75, 3.05) is 0 Å². The summed E-state index contributed by atoms with van der Waals surface area (Å²) in [5, 5.41) is 11.4. The molecule has 3 rings (SSSR count). The highest BCUT2D eigenvalue weighted by Crippen LogP contribution is 2.22. The summed E-state index contributed by atoms with van der Waals surface area (Å²) >= 11 is 5.19. The normalized spacial score (nSPS) is 11.1. The molecule has 1 N–H and O–H groups in total. The highest BCUT2D eigenvalue weighted by Gasteiger charge is 2.12. The predicted molar refractivity (Wildman–Crippen MR) is 67.3 cm³/mol. The second kappa shape index (κ2) is 3.81. The van der Waals surface area contributed by atoms with Gasteiger partial charge in [0.1, 0.15) is 0 Å². The van der Waals surface area contributed by atoms with Gasteiger partial charge in [0.25, 0.3) is 0 Å². The molecule has 0 aromatic carbocycles. The van der Waals surface area contributed by atoms with Crippen LogP contribution in [0.2, 0.25) is 0 Å². The van der Waals surface area contributed by atoms with Crippen LogP contribution < -0.4 is 0 Å². The van der Waals surface area contributed by atoms with Gasteiger partial charge < -0.3 is 4.57 Å². The van der Waals surface area contributed by atoms with E-state index in [0.717, 1.165) is 23.4 Å². The average molecular weight is 245 g/mol. The summed E-state index contributed by atoms with van der Waals surface area (Å²) in [6.45, 7) is 2.83. The number of aromatic nitrogens is 5. The number of rotatable bonds is 2. The lowest BCUT2D eigenvalue weighted by atomic mass is 10.2. The van der Waals surface area contributed by atoms with E-state index < -0.39 is 0 Å². The smallest absolute Gasteiger partial charge is 0.195 e. The maximum Gasteiger partial charge on any atom is 0.195 e. The molecule has 0 aliphatic carbocycles. The van der Waals surface area contributed by atoms with Gasteiger partial charge in [-0.05, 0) is 31.3 Å². The molecule has 0 saturated heterocycles. The van der Waals surface area contributed by atoms with Crippen molar-refractivity contribution in [3.05, 3.63) is 35.4 Å². The van der Waals surface area contributed by atoms with Crippen LogP contribution in [0.5, 0.6) is 0 Å². The van der Waals surface area contributed by atoms with E-state index in [2.05, 4.69) is 15.3 Å². The van der Waals surface area contributed by atoms with E-state index in [9.17, 15) is 0 Å². The molecule has 0 fully saturated rings. The van der Waals surface area contributed by atoms with Crippen molar-refractivity contribution in [2.24, 2.45) is 0 Å². The fourth-order valence-corrected chi connectivity index (χ4v) is 2.18. The molecule has 0 amide bonds. The number of nitrogens with zero attached hydrogens (tertiary/aromatic N) is 4. The minimum Gasteiger partial charge on any atom is -0.300 e. The SMILES string of the molecule is CCn1c(-c2cnn3ccccc23)n[nH]c1=S. The fourth-order valence-electron chi connectivity index (χ4n) is 1.92. The molecule has 0 spiro atoms. The molecule has 6 heteroatoms. The van der Waals surface area contributed by atoms with E-state index in [1.54, 1.807) is 0 Å². The Balaban J connectivity index is 2.31. The van der Waals surface area contributed by atoms with Crippen molar-refractivity contribution in [1.82, 2.24) is 24.4 Å². The Morgan fingerprint density at radius 2 is 2.29 bits per heavy atom. The third kappa shape index (κ3) is 1.49. The Bertz CT molecular complexity index is 721. The van der Waals surface area contributed by atoms with Crippen LogP contribution >= 0.6 is 12.2 Å². The van der Waals surface area contributed by atoms with E-state index in [-0.39, 0.29) is 0 Å². The molecule has 0 aliphatic rings. The highest BCUT2D eigenvalue weighted by molar-refractivity contribution is 7.71. The van der Waals surface area contributed by atoms with Gasteiger partial charge in [0, 0.05) is 12.7 Å². The van der Waals surface area contributed by atoms with Gasteiger partial charge in [-0.15, -0.1) is 0 Å². The zero-order valence-electron chi connectivity index (χ0n) is 9.29. The Morgan fingerprint density at radius 3 is 3.12 bits per heavy atom. The van der Waals surface area contributed by atoms with Gasteiger partial charge in [-0.2, -0.15) is 10.2 Å². The van der Waals surface area contributed by atoms with Crippen LogP contribution in [0.25, 0.3) is 16.9 Å². The van der Waals surface area contributed by atoms with Crippen LogP contribution in [0.3, 0.4) is 0 Å². The quantitative estimate of drug-likeness (QED) is 0.705. The molecule has 0 saturated carbocycles. The van der Waals surface area contributed by atoms with Gasteiger partial charge in [0.2, 0.25) is 0 Å². The first-order valence-electron chi connectivity index (χ1n) is 5.39. The van der Waals surface area contributed by atoms with Gasteiger partial charge in [-0.1, -0.05) is 6.07 Å². The van der Waals surface area contributed by atoms with Crippen LogP contribution in [0.1, 0.15) is 6.92 Å². The maximum atomic E-state index is 5.19. The van der Waals surface area contributed by atoms with Crippen LogP contribution in [-0.2, 0) is 6.54 Å². The molecule has 3 heterocycles. The second-order valence-corrected chi connectivity index (χ2v) is 4.07. The summed E-state index contributed by atoms with van der Waals surface area (Å²) in [7, 11) is 0. The van der Waals surface area contributed by atoms with E-state index >= 15 is 0 Å². The van der Waals surface area contributed by atoms with Gasteiger partial charge in [0.15, 0.2) is 10.6 Å². The van der Waals surface area contributed by atoms with Gasteiger partial charge in [0.05, 0.1) is 17.3 Å². The van der Waals surface area contributed by atoms with E-state index in [0.29, 0.717) is 4.77 Å². The number of hydrogen-bond acceptors (Lipinski definition) is 3. The Hall–Kier alpha value is -1.95. The lowest BCUT2D eigenvalue weighted by Gasteiger charge is -2.01. The molecule has 3 aromatic heterocycles. The Morgan fingerprint density at radius 1 is 1.41 bits per heavy atom. The topological polar surface area (TPSA) is 50.9 Å². The minimum atomic E-state index is 0.637. The first kappa shape index (κ1) is 10.2. The van der Waals surface area contributed by atoms with E-state index in [1.807, 2.05) is 46.6 Å². The van der Waals surface area contributed by atoms with Crippen molar-refractivity contribution in [3.63, 3.8) is 0 Å². The first-order chi connectivity index (χ1) is 8.31. The molecule has 86 valence electrons. The predicted octanol–water partition coefficient (Wildman–Crippen LogP) is 2.28. The first-order valence-corrected chi connectivity index (χ1v) is 5.80. The average Bonchev–Trinajstić information content (AvgIpc) is 2.92. The monoisotopic (exact) mass is 245 g/mol. The Labute approximate surface area is 103 Å². The molecule has 3 aromatic rings. The standard InChI is InChI=1S/C11H11N5S/c1-2-15-10(13-14-11(15)17)8-7-12-16-6-4-3-5-9(8)16/h3-7H,2H2,1H3,(H,14,17). The molecule has 0 unspecified atom stereocenters. The van der Waals surface area contributed by atoms with E-state index in [1.165, 1.54) is 0 Å². The van der Waals surface area contributed by atoms with E-state index in [4.69, 9.17) is 12.2 Å². The number of fused-ring (bicyclic) bond motifs is 1. The summed E-state index contributed by atoms with van der Waals surface area (Å²) in [6.07, 6.45) is 3.73. The zero-order chi connectivity index (χ0) is 11.8. The number of pyridine rings is 1. The molecule has 17 heavy (non-hydrogen) atoms. The van der Waals surface area contributed by atoms with Crippen LogP contribution in [0.4, 0.5) is 0 Å². The summed E-state index contributed by atoms with van der Waals surface area (Å²) in [5.41, 5.74) is 2.01. The lowest BCUT2D eigenvalue weighted by molar-refractivity contribution is 0.756. The summed E-state index contributed by atoms with van der Waals surface area (Å²) < 4.78 is 4.42. The summed E-state index contributed by atoms with van der Waals surface area (Å²) in [6, 6.07) is 5.94. The van der Waals surface area contributed by atoms with Gasteiger partial charge in [-0.3, -0.25) is 5.10 Å². The third-order valence-electron chi connectivity index (χ3n) is 2.74. The summed E-state index contributed by atoms with van der Waals surface area (Å²) in [4.78, 5) is 0. The molecule has 0 radical (unpaired) electrons. The maximum absolute atomic E-state index is 5.19. The molecular weight excluding hydrogens is 234 g/mol. The Kier molecular flexibility index (Phi) is 2.29. The number of aromatic amines is 1. The molecular formula is C11H11N5S. The zero-order valence-corrected chi connectivity index (χ0v) is 10.1. The van der Waals surface area contributed by atoms with Crippen molar-refractivity contribution in [3.8, 4) is 11.4 Å². The third-order valence-corrected chi connectivity index (χ3v) is 3.05. The van der Waals surface area contributed by atoms with Crippen molar-refractivity contribution in [1.29, 1.82) is 0 Å². The van der Waals surface area contributed by atoms with Crippen LogP contribution in [0, 0.1) is 4.77 Å². The van der Waals surface area contributed by atoms with Crippen molar-refractivity contribution >= 4 is 17.7 Å². The van der Waals surface area contributed by atoms with Crippen LogP contribution in [-0.4, -0.2) is 24.4 Å². The minimum absolute atomic E-state index is 0.637. The number of H-pyrrole nitrogens is 1. The molecule has 0 bridgehead atoms. The number of hydrogen-bond donors (Lipinski definition) is 1. The molecule has 0 atom stereocenters. The largest absolute Gasteiger partial charge is 0.300 e. The van der Waals surface area contributed by atoms with Gasteiger partial charge >= 0.3 is 0 Å². The molecule has 5 nitrogen and oxygen atoms in total. The van der Waals surface area contributed by atoms with Gasteiger partial charge in [-0.25, -0.2) is 4.52 Å². The summed E-state index contributed by atoms with van der Waals surface area (Å²) in [5.74, 6) is 0.832. The van der Waals surface area contributed by atoms with Crippen LogP contribution in [0.15, 0.2) is 30.6 Å². The van der Waals surface area contributed by atoms with Crippen molar-refractivity contribution in [2.45, 2.75) is 13.5 Å². The fraction of sp³-hybridized carbons (Fsp3) is 0.182.